The van der Waals surface area contributed by atoms with E-state index in [2.05, 4.69) is 15.5 Å². The van der Waals surface area contributed by atoms with Crippen molar-refractivity contribution in [1.29, 1.82) is 0 Å². The second-order valence-corrected chi connectivity index (χ2v) is 8.59. The number of aromatic amines is 1. The molecule has 5 aromatic rings. The summed E-state index contributed by atoms with van der Waals surface area (Å²) < 4.78 is 16.8. The van der Waals surface area contributed by atoms with Gasteiger partial charge >= 0.3 is 5.63 Å². The SMILES string of the molecule is COc1ccc2cc(-c3oc4cc(C)oc(=O)c4c3CC(=O)NCc3c(C)n[nH]c3C)ccc2c1. The van der Waals surface area contributed by atoms with Gasteiger partial charge in [-0.3, -0.25) is 9.89 Å². The fraction of sp³-hybridized carbons (Fsp3) is 0.222. The first kappa shape index (κ1) is 22.5. The molecule has 0 unspecified atom stereocenters. The maximum atomic E-state index is 13.0. The highest BCUT2D eigenvalue weighted by molar-refractivity contribution is 5.95. The van der Waals surface area contributed by atoms with E-state index in [4.69, 9.17) is 13.6 Å². The van der Waals surface area contributed by atoms with Gasteiger partial charge in [-0.25, -0.2) is 4.79 Å². The average Bonchev–Trinajstić information content (AvgIpc) is 3.35. The first-order valence-electron chi connectivity index (χ1n) is 11.3. The molecular formula is C27H25N3O5. The van der Waals surface area contributed by atoms with E-state index in [0.29, 0.717) is 29.2 Å². The standard InChI is InChI=1S/C27H25N3O5/c1-14-9-23-25(27(32)34-14)21(12-24(31)28-13-22-15(2)29-30-16(22)3)26(35-23)19-6-5-18-11-20(33-4)8-7-17(18)10-19/h5-11H,12-13H2,1-4H3,(H,28,31)(H,29,30). The third-order valence-electron chi connectivity index (χ3n) is 6.22. The molecule has 0 atom stereocenters. The number of rotatable bonds is 6. The third-order valence-corrected chi connectivity index (χ3v) is 6.22. The number of aryl methyl sites for hydroxylation is 3. The second-order valence-electron chi connectivity index (χ2n) is 8.59. The van der Waals surface area contributed by atoms with Crippen LogP contribution in [0, 0.1) is 20.8 Å². The summed E-state index contributed by atoms with van der Waals surface area (Å²) in [7, 11) is 1.63. The molecule has 2 N–H and O–H groups in total. The molecule has 0 saturated carbocycles. The Kier molecular flexibility index (Phi) is 5.64. The molecule has 178 valence electrons. The van der Waals surface area contributed by atoms with Crippen LogP contribution in [0.1, 0.15) is 28.3 Å². The molecule has 0 aliphatic rings. The van der Waals surface area contributed by atoms with E-state index < -0.39 is 5.63 Å². The van der Waals surface area contributed by atoms with Crippen LogP contribution in [0.5, 0.6) is 5.75 Å². The molecule has 0 aliphatic carbocycles. The molecule has 0 radical (unpaired) electrons. The van der Waals surface area contributed by atoms with Crippen molar-refractivity contribution in [2.45, 2.75) is 33.7 Å². The van der Waals surface area contributed by atoms with Gasteiger partial charge in [-0.1, -0.05) is 18.2 Å². The van der Waals surface area contributed by atoms with Crippen LogP contribution in [0.15, 0.2) is 56.1 Å². The number of hydrogen-bond acceptors (Lipinski definition) is 6. The van der Waals surface area contributed by atoms with Crippen molar-refractivity contribution in [3.63, 3.8) is 0 Å². The number of ether oxygens (including phenoxy) is 1. The van der Waals surface area contributed by atoms with Gasteiger partial charge in [-0.15, -0.1) is 0 Å². The van der Waals surface area contributed by atoms with Gasteiger partial charge in [0, 0.05) is 35.0 Å². The van der Waals surface area contributed by atoms with E-state index in [1.54, 1.807) is 20.1 Å². The predicted molar refractivity (Wildman–Crippen MR) is 133 cm³/mol. The second kappa shape index (κ2) is 8.79. The van der Waals surface area contributed by atoms with E-state index in [1.807, 2.05) is 50.2 Å². The fourth-order valence-corrected chi connectivity index (χ4v) is 4.36. The molecule has 0 fully saturated rings. The number of H-pyrrole nitrogens is 1. The number of carbonyl (C=O) groups excluding carboxylic acids is 1. The van der Waals surface area contributed by atoms with Gasteiger partial charge in [-0.2, -0.15) is 5.10 Å². The van der Waals surface area contributed by atoms with Crippen molar-refractivity contribution in [3.05, 3.63) is 81.2 Å². The highest BCUT2D eigenvalue weighted by Crippen LogP contribution is 2.35. The molecule has 3 heterocycles. The van der Waals surface area contributed by atoms with Crippen LogP contribution in [0.4, 0.5) is 0 Å². The number of hydrogen-bond donors (Lipinski definition) is 2. The minimum atomic E-state index is -0.523. The van der Waals surface area contributed by atoms with Gasteiger partial charge in [0.15, 0.2) is 0 Å². The number of carbonyl (C=O) groups is 1. The molecule has 8 nitrogen and oxygen atoms in total. The molecule has 8 heteroatoms. The number of methoxy groups -OCH3 is 1. The van der Waals surface area contributed by atoms with E-state index in [9.17, 15) is 9.59 Å². The maximum Gasteiger partial charge on any atom is 0.347 e. The van der Waals surface area contributed by atoms with E-state index >= 15 is 0 Å². The lowest BCUT2D eigenvalue weighted by molar-refractivity contribution is -0.120. The topological polar surface area (TPSA) is 110 Å². The Hall–Kier alpha value is -4.33. The van der Waals surface area contributed by atoms with Crippen LogP contribution in [0.2, 0.25) is 0 Å². The van der Waals surface area contributed by atoms with Crippen molar-refractivity contribution in [3.8, 4) is 17.1 Å². The summed E-state index contributed by atoms with van der Waals surface area (Å²) in [5, 5.41) is 12.3. The predicted octanol–water partition coefficient (Wildman–Crippen LogP) is 4.72. The third kappa shape index (κ3) is 4.19. The average molecular weight is 472 g/mol. The van der Waals surface area contributed by atoms with Gasteiger partial charge < -0.3 is 18.9 Å². The minimum Gasteiger partial charge on any atom is -0.497 e. The summed E-state index contributed by atoms with van der Waals surface area (Å²) in [6, 6.07) is 13.3. The monoisotopic (exact) mass is 471 g/mol. The Morgan fingerprint density at radius 1 is 1.03 bits per heavy atom. The lowest BCUT2D eigenvalue weighted by Crippen LogP contribution is -2.25. The molecule has 0 bridgehead atoms. The molecule has 35 heavy (non-hydrogen) atoms. The molecule has 0 saturated heterocycles. The highest BCUT2D eigenvalue weighted by atomic mass is 16.5. The number of nitrogens with one attached hydrogen (secondary N) is 2. The Balaban J connectivity index is 1.55. The molecular weight excluding hydrogens is 446 g/mol. The Labute approximate surface area is 200 Å². The van der Waals surface area contributed by atoms with Crippen molar-refractivity contribution >= 4 is 27.6 Å². The summed E-state index contributed by atoms with van der Waals surface area (Å²) in [6.07, 6.45) is -0.0350. The zero-order valence-electron chi connectivity index (χ0n) is 19.9. The van der Waals surface area contributed by atoms with Crippen LogP contribution in [0.25, 0.3) is 33.1 Å². The number of nitrogens with zero attached hydrogens (tertiary/aromatic N) is 1. The van der Waals surface area contributed by atoms with Crippen molar-refractivity contribution < 1.29 is 18.4 Å². The van der Waals surface area contributed by atoms with Crippen LogP contribution < -0.4 is 15.7 Å². The van der Waals surface area contributed by atoms with Crippen LogP contribution in [-0.2, 0) is 17.8 Å². The summed E-state index contributed by atoms with van der Waals surface area (Å²) in [4.78, 5) is 25.8. The lowest BCUT2D eigenvalue weighted by atomic mass is 10.0. The van der Waals surface area contributed by atoms with Crippen molar-refractivity contribution in [1.82, 2.24) is 15.5 Å². The van der Waals surface area contributed by atoms with Crippen LogP contribution in [0.3, 0.4) is 0 Å². The zero-order chi connectivity index (χ0) is 24.7. The Bertz CT molecular complexity index is 1620. The van der Waals surface area contributed by atoms with E-state index in [1.165, 1.54) is 0 Å². The summed E-state index contributed by atoms with van der Waals surface area (Å²) in [5.41, 5.74) is 3.82. The molecule has 0 aliphatic heterocycles. The number of benzene rings is 2. The normalized spacial score (nSPS) is 11.3. The minimum absolute atomic E-state index is 0.0350. The van der Waals surface area contributed by atoms with Gasteiger partial charge in [0.25, 0.3) is 0 Å². The smallest absolute Gasteiger partial charge is 0.347 e. The Morgan fingerprint density at radius 2 is 1.80 bits per heavy atom. The molecule has 1 amide bonds. The quantitative estimate of drug-likeness (QED) is 0.371. The maximum absolute atomic E-state index is 13.0. The summed E-state index contributed by atoms with van der Waals surface area (Å²) in [6.45, 7) is 5.82. The number of fused-ring (bicyclic) bond motifs is 2. The van der Waals surface area contributed by atoms with Gasteiger partial charge in [-0.05, 0) is 49.7 Å². The van der Waals surface area contributed by atoms with Crippen LogP contribution >= 0.6 is 0 Å². The molecule has 5 rings (SSSR count). The highest BCUT2D eigenvalue weighted by Gasteiger charge is 2.23. The number of amides is 1. The van der Waals surface area contributed by atoms with E-state index in [0.717, 1.165) is 39.0 Å². The molecule has 2 aromatic carbocycles. The van der Waals surface area contributed by atoms with Gasteiger partial charge in [0.2, 0.25) is 5.91 Å². The first-order chi connectivity index (χ1) is 16.8. The Morgan fingerprint density at radius 3 is 2.54 bits per heavy atom. The number of aromatic nitrogens is 2. The fourth-order valence-electron chi connectivity index (χ4n) is 4.36. The molecule has 0 spiro atoms. The zero-order valence-corrected chi connectivity index (χ0v) is 19.9. The number of furan rings is 1. The molecule has 3 aromatic heterocycles. The van der Waals surface area contributed by atoms with Gasteiger partial charge in [0.05, 0.1) is 19.2 Å². The van der Waals surface area contributed by atoms with Crippen LogP contribution in [-0.4, -0.2) is 23.2 Å². The first-order valence-corrected chi connectivity index (χ1v) is 11.3. The lowest BCUT2D eigenvalue weighted by Gasteiger charge is -2.08. The van der Waals surface area contributed by atoms with Crippen molar-refractivity contribution in [2.75, 3.05) is 7.11 Å². The summed E-state index contributed by atoms with van der Waals surface area (Å²) in [5.74, 6) is 1.44. The van der Waals surface area contributed by atoms with Gasteiger partial charge in [0.1, 0.15) is 28.2 Å². The summed E-state index contributed by atoms with van der Waals surface area (Å²) >= 11 is 0. The van der Waals surface area contributed by atoms with Crippen molar-refractivity contribution in [2.24, 2.45) is 0 Å². The largest absolute Gasteiger partial charge is 0.497 e. The van der Waals surface area contributed by atoms with E-state index in [-0.39, 0.29) is 17.7 Å².